The normalized spacial score (nSPS) is 26.4. The van der Waals surface area contributed by atoms with E-state index in [9.17, 15) is 24.9 Å². The third-order valence-corrected chi connectivity index (χ3v) is 14.3. The molecule has 2 saturated carbocycles. The summed E-state index contributed by atoms with van der Waals surface area (Å²) >= 11 is 0. The van der Waals surface area contributed by atoms with E-state index in [1.165, 1.54) is 20.0 Å². The third kappa shape index (κ3) is 11.7. The Kier molecular flexibility index (Phi) is 18.5. The first kappa shape index (κ1) is 49.6. The van der Waals surface area contributed by atoms with Crippen LogP contribution in [0.2, 0.25) is 0 Å². The lowest BCUT2D eigenvalue weighted by Crippen LogP contribution is -2.70. The van der Waals surface area contributed by atoms with Crippen LogP contribution >= 0.6 is 0 Å². The van der Waals surface area contributed by atoms with Gasteiger partial charge in [-0.2, -0.15) is 0 Å². The number of hydrogen-bond donors (Lipinski definition) is 3. The molecule has 0 radical (unpaired) electrons. The van der Waals surface area contributed by atoms with Crippen molar-refractivity contribution in [2.45, 2.75) is 127 Å². The van der Waals surface area contributed by atoms with Crippen LogP contribution in [0, 0.1) is 23.7 Å². The molecule has 14 nitrogen and oxygen atoms in total. The van der Waals surface area contributed by atoms with Gasteiger partial charge in [0.25, 0.3) is 0 Å². The van der Waals surface area contributed by atoms with Gasteiger partial charge >= 0.3 is 0 Å². The molecule has 5 aliphatic rings. The molecular formula is C52H72N2O12. The monoisotopic (exact) mass is 917 g/mol. The highest BCUT2D eigenvalue weighted by atomic mass is 16.8. The van der Waals surface area contributed by atoms with E-state index in [1.807, 2.05) is 23.1 Å². The van der Waals surface area contributed by atoms with E-state index >= 15 is 0 Å². The lowest BCUT2D eigenvalue weighted by atomic mass is 9.55. The minimum absolute atomic E-state index is 0.0123. The number of aliphatic hydroxyl groups is 3. The van der Waals surface area contributed by atoms with Crippen LogP contribution < -0.4 is 14.2 Å². The van der Waals surface area contributed by atoms with E-state index in [4.69, 9.17) is 38.4 Å². The molecule has 2 aliphatic heterocycles. The molecule has 3 N–H and O–H groups in total. The predicted molar refractivity (Wildman–Crippen MR) is 249 cm³/mol. The molecule has 362 valence electrons. The van der Waals surface area contributed by atoms with E-state index in [0.29, 0.717) is 72.5 Å². The highest BCUT2D eigenvalue weighted by molar-refractivity contribution is 6.03. The molecule has 14 heteroatoms. The summed E-state index contributed by atoms with van der Waals surface area (Å²) in [5.74, 6) is 0.388. The van der Waals surface area contributed by atoms with Gasteiger partial charge in [-0.25, -0.2) is 0 Å². The molecule has 7 atom stereocenters. The van der Waals surface area contributed by atoms with Crippen molar-refractivity contribution in [1.29, 1.82) is 0 Å². The molecule has 0 bridgehead atoms. The first-order valence-corrected chi connectivity index (χ1v) is 24.5. The minimum Gasteiger partial charge on any atom is -0.496 e. The topological polar surface area (TPSA) is 175 Å². The van der Waals surface area contributed by atoms with Crippen LogP contribution in [0.15, 0.2) is 65.9 Å². The van der Waals surface area contributed by atoms with E-state index in [2.05, 4.69) is 12.7 Å². The number of ether oxygens (including phenoxy) is 6. The zero-order valence-electron chi connectivity index (χ0n) is 38.8. The Morgan fingerprint density at radius 3 is 2.44 bits per heavy atom. The van der Waals surface area contributed by atoms with E-state index in [0.717, 1.165) is 75.2 Å². The summed E-state index contributed by atoms with van der Waals surface area (Å²) in [5.41, 5.74) is 2.91. The van der Waals surface area contributed by atoms with Gasteiger partial charge in [0.05, 0.1) is 57.3 Å². The second-order valence-electron chi connectivity index (χ2n) is 18.4. The van der Waals surface area contributed by atoms with E-state index < -0.39 is 24.0 Å². The van der Waals surface area contributed by atoms with Crippen molar-refractivity contribution < 1.29 is 58.2 Å². The molecule has 66 heavy (non-hydrogen) atoms. The van der Waals surface area contributed by atoms with Gasteiger partial charge in [-0.05, 0) is 105 Å². The summed E-state index contributed by atoms with van der Waals surface area (Å²) in [7, 11) is 1.52. The maximum Gasteiger partial charge on any atom is 0.239 e. The summed E-state index contributed by atoms with van der Waals surface area (Å²) in [6, 6.07) is 10.2. The highest BCUT2D eigenvalue weighted by Gasteiger charge is 2.65. The van der Waals surface area contributed by atoms with Gasteiger partial charge in [0, 0.05) is 50.5 Å². The number of aliphatic hydroxyl groups excluding tert-OH is 3. The van der Waals surface area contributed by atoms with Gasteiger partial charge in [0.2, 0.25) is 18.0 Å². The van der Waals surface area contributed by atoms with Crippen LogP contribution in [0.25, 0.3) is 0 Å². The summed E-state index contributed by atoms with van der Waals surface area (Å²) in [6.07, 6.45) is 17.4. The van der Waals surface area contributed by atoms with Crippen molar-refractivity contribution in [3.05, 3.63) is 71.8 Å². The maximum absolute atomic E-state index is 15.0. The number of unbranched alkanes of at least 4 members (excludes halogenated alkanes) is 2. The SMILES string of the molecule is C=CCOC12Oc3ccc(Oc4ccc(OC)c(C=O)c4)cc3C3C(CCCCO)C(CCCCO)C=C(C(=NOC4CCCCO4)CC1N(CCOCCO)C(=O)CCC1CCCC1)C32. The van der Waals surface area contributed by atoms with Crippen LogP contribution in [0.5, 0.6) is 23.0 Å². The van der Waals surface area contributed by atoms with Crippen LogP contribution in [0.3, 0.4) is 0 Å². The molecule has 3 fully saturated rings. The molecule has 0 aromatic heterocycles. The molecule has 0 spiro atoms. The fourth-order valence-electron chi connectivity index (χ4n) is 11.2. The van der Waals surface area contributed by atoms with Crippen molar-refractivity contribution in [3.8, 4) is 23.0 Å². The standard InChI is InChI=1S/C52H72N2O12/c1-3-27-63-52-47(54(23-29-61-30-26-57)48(59)22-17-36-12-4-5-13-36)34-44(53-66-49-16-8-11-28-62-49)42-32-37(14-6-9-24-55)41(15-7-10-25-56)50(51(42)52)43-33-40(19-21-46(43)65-52)64-39-18-20-45(60-2)38(31-39)35-58/h3,18-21,31-33,35-37,41,47,49-51,55-57H,1,4-17,22-30,34H2,2H3. The largest absolute Gasteiger partial charge is 0.496 e. The Balaban J connectivity index is 1.41. The molecule has 2 aromatic rings. The Morgan fingerprint density at radius 1 is 0.939 bits per heavy atom. The minimum atomic E-state index is -1.43. The number of methoxy groups -OCH3 is 1. The quantitative estimate of drug-likeness (QED) is 0.0357. The van der Waals surface area contributed by atoms with Crippen molar-refractivity contribution in [1.82, 2.24) is 4.90 Å². The summed E-state index contributed by atoms with van der Waals surface area (Å²) < 4.78 is 38.4. The fourth-order valence-corrected chi connectivity index (χ4v) is 11.2. The Labute approximate surface area is 390 Å². The Morgan fingerprint density at radius 2 is 1.71 bits per heavy atom. The predicted octanol–water partition coefficient (Wildman–Crippen LogP) is 8.27. The number of aldehydes is 1. The molecule has 7 unspecified atom stereocenters. The van der Waals surface area contributed by atoms with Crippen LogP contribution in [-0.4, -0.2) is 116 Å². The zero-order chi connectivity index (χ0) is 46.3. The average Bonchev–Trinajstić information content (AvgIpc) is 3.87. The molecule has 7 rings (SSSR count). The summed E-state index contributed by atoms with van der Waals surface area (Å²) in [6.45, 7) is 5.39. The van der Waals surface area contributed by atoms with Crippen molar-refractivity contribution in [2.75, 3.05) is 59.9 Å². The van der Waals surface area contributed by atoms with E-state index in [-0.39, 0.29) is 76.3 Å². The summed E-state index contributed by atoms with van der Waals surface area (Å²) in [5, 5.41) is 34.7. The van der Waals surface area contributed by atoms with Gasteiger partial charge in [0.15, 0.2) is 6.29 Å². The van der Waals surface area contributed by atoms with Crippen LogP contribution in [0.4, 0.5) is 0 Å². The van der Waals surface area contributed by atoms with Crippen molar-refractivity contribution >= 4 is 17.9 Å². The molecular weight excluding hydrogens is 845 g/mol. The van der Waals surface area contributed by atoms with E-state index in [1.54, 1.807) is 24.3 Å². The average molecular weight is 917 g/mol. The summed E-state index contributed by atoms with van der Waals surface area (Å²) in [4.78, 5) is 35.2. The fraction of sp³-hybridized carbons (Fsp3) is 0.635. The van der Waals surface area contributed by atoms with Gasteiger partial charge in [0.1, 0.15) is 29.0 Å². The Hall–Kier alpha value is -4.31. The Bertz CT molecular complexity index is 1960. The molecule has 1 saturated heterocycles. The molecule has 3 aliphatic carbocycles. The van der Waals surface area contributed by atoms with Gasteiger partial charge in [-0.15, -0.1) is 6.58 Å². The third-order valence-electron chi connectivity index (χ3n) is 14.3. The molecule has 1 amide bonds. The number of hydrogen-bond acceptors (Lipinski definition) is 13. The van der Waals surface area contributed by atoms with Gasteiger partial charge in [-0.3, -0.25) is 9.59 Å². The first-order chi connectivity index (χ1) is 32.4. The smallest absolute Gasteiger partial charge is 0.239 e. The number of benzene rings is 2. The number of carbonyl (C=O) groups excluding carboxylic acids is 2. The second-order valence-corrected chi connectivity index (χ2v) is 18.4. The van der Waals surface area contributed by atoms with Crippen molar-refractivity contribution in [3.63, 3.8) is 0 Å². The first-order valence-electron chi connectivity index (χ1n) is 24.5. The molecule has 2 heterocycles. The number of oxime groups is 1. The second kappa shape index (κ2) is 24.6. The molecule has 2 aromatic carbocycles. The highest BCUT2D eigenvalue weighted by Crippen LogP contribution is 2.62. The number of carbonyl (C=O) groups is 2. The van der Waals surface area contributed by atoms with Crippen molar-refractivity contribution in [2.24, 2.45) is 28.8 Å². The maximum atomic E-state index is 15.0. The zero-order valence-corrected chi connectivity index (χ0v) is 38.8. The van der Waals surface area contributed by atoms with Crippen LogP contribution in [0.1, 0.15) is 125 Å². The lowest BCUT2D eigenvalue weighted by Gasteiger charge is -2.60. The number of fused-ring (bicyclic) bond motifs is 2. The number of rotatable bonds is 26. The number of nitrogens with zero attached hydrogens (tertiary/aromatic N) is 2. The van der Waals surface area contributed by atoms with Crippen LogP contribution in [-0.2, 0) is 23.8 Å². The van der Waals surface area contributed by atoms with Gasteiger partial charge in [-0.1, -0.05) is 55.8 Å². The number of allylic oxidation sites excluding steroid dienone is 1. The van der Waals surface area contributed by atoms with Gasteiger partial charge < -0.3 is 53.5 Å². The number of amides is 1. The lowest BCUT2D eigenvalue weighted by molar-refractivity contribution is -0.258.